The van der Waals surface area contributed by atoms with Crippen molar-refractivity contribution in [2.45, 2.75) is 45.3 Å². The summed E-state index contributed by atoms with van der Waals surface area (Å²) in [7, 11) is 0. The molecule has 0 saturated carbocycles. The number of halogens is 1. The number of fused-ring (bicyclic) bond motifs is 2. The maximum absolute atomic E-state index is 13.9. The molecule has 0 fully saturated rings. The lowest BCUT2D eigenvalue weighted by atomic mass is 10.1. The molecule has 124 valence electrons. The Morgan fingerprint density at radius 1 is 1.33 bits per heavy atom. The van der Waals surface area contributed by atoms with E-state index in [4.69, 9.17) is 0 Å². The molecule has 1 aliphatic rings. The highest BCUT2D eigenvalue weighted by atomic mass is 19.1. The molecule has 3 heterocycles. The van der Waals surface area contributed by atoms with E-state index < -0.39 is 0 Å². The monoisotopic (exact) mass is 325 g/mol. The van der Waals surface area contributed by atoms with Gasteiger partial charge in [-0.15, -0.1) is 0 Å². The van der Waals surface area contributed by atoms with Gasteiger partial charge in [0.05, 0.1) is 12.1 Å². The first-order valence-electron chi connectivity index (χ1n) is 8.42. The zero-order valence-corrected chi connectivity index (χ0v) is 13.7. The van der Waals surface area contributed by atoms with Crippen LogP contribution in [-0.4, -0.2) is 25.8 Å². The van der Waals surface area contributed by atoms with Crippen LogP contribution in [0.15, 0.2) is 30.5 Å². The largest absolute Gasteiger partial charge is 0.308 e. The van der Waals surface area contributed by atoms with Gasteiger partial charge in [0.25, 0.3) is 0 Å². The first-order valence-corrected chi connectivity index (χ1v) is 8.42. The minimum Gasteiger partial charge on any atom is -0.308 e. The molecule has 1 unspecified atom stereocenters. The van der Waals surface area contributed by atoms with E-state index in [2.05, 4.69) is 27.3 Å². The van der Waals surface area contributed by atoms with Crippen molar-refractivity contribution in [3.8, 4) is 0 Å². The molecule has 2 aromatic heterocycles. The molecule has 0 spiro atoms. The van der Waals surface area contributed by atoms with Crippen molar-refractivity contribution < 1.29 is 4.39 Å². The van der Waals surface area contributed by atoms with Crippen molar-refractivity contribution >= 4 is 10.9 Å². The normalized spacial score (nSPS) is 17.2. The Balaban J connectivity index is 1.49. The molecule has 0 bridgehead atoms. The van der Waals surface area contributed by atoms with Gasteiger partial charge in [0.2, 0.25) is 0 Å². The number of nitrogens with zero attached hydrogens (tertiary/aromatic N) is 4. The molecular formula is C18H20FN5. The van der Waals surface area contributed by atoms with Gasteiger partial charge in [-0.3, -0.25) is 4.98 Å². The first kappa shape index (κ1) is 15.2. The third-order valence-electron chi connectivity index (χ3n) is 4.60. The van der Waals surface area contributed by atoms with E-state index >= 15 is 0 Å². The number of nitrogens with one attached hydrogen (secondary N) is 1. The maximum atomic E-state index is 13.9. The van der Waals surface area contributed by atoms with Crippen LogP contribution in [0.1, 0.15) is 30.6 Å². The number of aryl methyl sites for hydroxylation is 2. The topological polar surface area (TPSA) is 55.6 Å². The van der Waals surface area contributed by atoms with E-state index in [-0.39, 0.29) is 5.82 Å². The van der Waals surface area contributed by atoms with E-state index in [0.29, 0.717) is 18.0 Å². The Bertz CT molecular complexity index is 873. The van der Waals surface area contributed by atoms with Gasteiger partial charge in [0.1, 0.15) is 11.6 Å². The summed E-state index contributed by atoms with van der Waals surface area (Å²) in [4.78, 5) is 8.89. The summed E-state index contributed by atoms with van der Waals surface area (Å²) in [6.45, 7) is 3.57. The number of rotatable bonds is 4. The molecule has 0 amide bonds. The highest BCUT2D eigenvalue weighted by molar-refractivity contribution is 5.82. The number of hydrogen-bond acceptors (Lipinski definition) is 4. The third-order valence-corrected chi connectivity index (χ3v) is 4.60. The summed E-state index contributed by atoms with van der Waals surface area (Å²) in [5.74, 6) is 1.78. The molecule has 0 radical (unpaired) electrons. The van der Waals surface area contributed by atoms with Crippen LogP contribution < -0.4 is 5.32 Å². The summed E-state index contributed by atoms with van der Waals surface area (Å²) in [6.07, 6.45) is 4.55. The molecule has 5 nitrogen and oxygen atoms in total. The molecule has 3 aromatic rings. The third kappa shape index (κ3) is 2.78. The Morgan fingerprint density at radius 2 is 2.25 bits per heavy atom. The minimum absolute atomic E-state index is 0.223. The van der Waals surface area contributed by atoms with Gasteiger partial charge in [-0.2, -0.15) is 5.10 Å². The molecule has 4 rings (SSSR count). The van der Waals surface area contributed by atoms with Gasteiger partial charge >= 0.3 is 0 Å². The highest BCUT2D eigenvalue weighted by Crippen LogP contribution is 2.20. The highest BCUT2D eigenvalue weighted by Gasteiger charge is 2.21. The van der Waals surface area contributed by atoms with E-state index in [1.807, 2.05) is 10.7 Å². The van der Waals surface area contributed by atoms with Gasteiger partial charge in [0.15, 0.2) is 5.82 Å². The number of pyridine rings is 1. The Morgan fingerprint density at radius 3 is 3.12 bits per heavy atom. The van der Waals surface area contributed by atoms with Crippen LogP contribution >= 0.6 is 0 Å². The molecule has 1 N–H and O–H groups in total. The maximum Gasteiger partial charge on any atom is 0.150 e. The molecular weight excluding hydrogens is 305 g/mol. The fraction of sp³-hybridized carbons (Fsp3) is 0.389. The van der Waals surface area contributed by atoms with Crippen LogP contribution in [0.3, 0.4) is 0 Å². The molecule has 6 heteroatoms. The van der Waals surface area contributed by atoms with Crippen molar-refractivity contribution in [2.75, 3.05) is 0 Å². The van der Waals surface area contributed by atoms with Crippen LogP contribution in [0.4, 0.5) is 4.39 Å². The van der Waals surface area contributed by atoms with Gasteiger partial charge in [-0.05, 0) is 30.2 Å². The van der Waals surface area contributed by atoms with Crippen LogP contribution in [0.25, 0.3) is 10.9 Å². The zero-order valence-electron chi connectivity index (χ0n) is 13.7. The summed E-state index contributed by atoms with van der Waals surface area (Å²) < 4.78 is 15.9. The number of hydrogen-bond donors (Lipinski definition) is 1. The van der Waals surface area contributed by atoms with E-state index in [9.17, 15) is 4.39 Å². The number of aromatic nitrogens is 4. The average Bonchev–Trinajstić information content (AvgIpc) is 3.04. The van der Waals surface area contributed by atoms with Crippen LogP contribution in [0, 0.1) is 5.82 Å². The quantitative estimate of drug-likeness (QED) is 0.801. The van der Waals surface area contributed by atoms with Crippen molar-refractivity contribution in [2.24, 2.45) is 0 Å². The smallest absolute Gasteiger partial charge is 0.150 e. The van der Waals surface area contributed by atoms with Crippen LogP contribution in [-0.2, 0) is 25.9 Å². The van der Waals surface area contributed by atoms with Gasteiger partial charge in [-0.1, -0.05) is 13.0 Å². The second kappa shape index (κ2) is 6.28. The standard InChI is InChI=1S/C18H20FN5/c1-2-16-22-17-8-6-13(11-24(17)23-16)21-10-12-5-7-15(19)14-4-3-9-20-18(12)14/h3-5,7,9,13,21H,2,6,8,10-11H2,1H3. The minimum atomic E-state index is -0.223. The fourth-order valence-corrected chi connectivity index (χ4v) is 3.27. The molecule has 0 aliphatic carbocycles. The second-order valence-electron chi connectivity index (χ2n) is 6.20. The predicted octanol–water partition coefficient (Wildman–Crippen LogP) is 2.63. The zero-order chi connectivity index (χ0) is 16.5. The Labute approximate surface area is 139 Å². The average molecular weight is 325 g/mol. The lowest BCUT2D eigenvalue weighted by Crippen LogP contribution is -2.37. The number of benzene rings is 1. The van der Waals surface area contributed by atoms with Gasteiger partial charge < -0.3 is 5.32 Å². The molecule has 1 aliphatic heterocycles. The summed E-state index contributed by atoms with van der Waals surface area (Å²) >= 11 is 0. The fourth-order valence-electron chi connectivity index (χ4n) is 3.27. The molecule has 24 heavy (non-hydrogen) atoms. The van der Waals surface area contributed by atoms with Crippen LogP contribution in [0.5, 0.6) is 0 Å². The van der Waals surface area contributed by atoms with E-state index in [0.717, 1.165) is 48.5 Å². The Kier molecular flexibility index (Phi) is 3.98. The van der Waals surface area contributed by atoms with Gasteiger partial charge in [0, 0.05) is 37.0 Å². The van der Waals surface area contributed by atoms with Crippen molar-refractivity contribution in [3.05, 3.63) is 53.5 Å². The summed E-state index contributed by atoms with van der Waals surface area (Å²) in [6, 6.07) is 7.21. The second-order valence-corrected chi connectivity index (χ2v) is 6.20. The van der Waals surface area contributed by atoms with Crippen LogP contribution in [0.2, 0.25) is 0 Å². The first-order chi connectivity index (χ1) is 11.7. The summed E-state index contributed by atoms with van der Waals surface area (Å²) in [5.41, 5.74) is 1.75. The van der Waals surface area contributed by atoms with Gasteiger partial charge in [-0.25, -0.2) is 14.1 Å². The Hall–Kier alpha value is -2.34. The van der Waals surface area contributed by atoms with Crippen molar-refractivity contribution in [3.63, 3.8) is 0 Å². The SMILES string of the molecule is CCc1nc2n(n1)CC(NCc1ccc(F)c3cccnc13)CC2. The van der Waals surface area contributed by atoms with E-state index in [1.54, 1.807) is 18.3 Å². The molecule has 0 saturated heterocycles. The summed E-state index contributed by atoms with van der Waals surface area (Å²) in [5, 5.41) is 8.68. The molecule has 1 atom stereocenters. The lowest BCUT2D eigenvalue weighted by molar-refractivity contribution is 0.358. The van der Waals surface area contributed by atoms with Crippen molar-refractivity contribution in [1.29, 1.82) is 0 Å². The molecule has 1 aromatic carbocycles. The lowest BCUT2D eigenvalue weighted by Gasteiger charge is -2.23. The predicted molar refractivity (Wildman–Crippen MR) is 90.0 cm³/mol. The van der Waals surface area contributed by atoms with E-state index in [1.165, 1.54) is 6.07 Å². The van der Waals surface area contributed by atoms with Crippen molar-refractivity contribution in [1.82, 2.24) is 25.1 Å².